The lowest BCUT2D eigenvalue weighted by Crippen LogP contribution is -2.33. The summed E-state index contributed by atoms with van der Waals surface area (Å²) in [7, 11) is 0. The van der Waals surface area contributed by atoms with Crippen LogP contribution in [0.4, 0.5) is 5.69 Å². The van der Waals surface area contributed by atoms with Gasteiger partial charge in [-0.15, -0.1) is 0 Å². The van der Waals surface area contributed by atoms with Crippen LogP contribution >= 0.6 is 0 Å². The van der Waals surface area contributed by atoms with Crippen LogP contribution in [0, 0.1) is 10.1 Å². The SMILES string of the molecule is CCN(CC)CCCN1C(=O)C(=O)/C(=C(/O)c2ccc3c(c2)C[C@@H](C)O3)[C@@H]1c1cccc([N+](=O)[O-])c1. The Bertz CT molecular complexity index is 1220. The summed E-state index contributed by atoms with van der Waals surface area (Å²) in [5.41, 5.74) is 1.51. The Balaban J connectivity index is 1.77. The number of nitro benzene ring substituents is 1. The number of fused-ring (bicyclic) bond motifs is 1. The zero-order valence-corrected chi connectivity index (χ0v) is 20.8. The predicted molar refractivity (Wildman–Crippen MR) is 135 cm³/mol. The van der Waals surface area contributed by atoms with Gasteiger partial charge in [0.25, 0.3) is 17.4 Å². The van der Waals surface area contributed by atoms with Crippen molar-refractivity contribution in [3.05, 3.63) is 74.8 Å². The molecule has 0 bridgehead atoms. The molecule has 9 heteroatoms. The number of nitrogens with zero attached hydrogens (tertiary/aromatic N) is 3. The fourth-order valence-corrected chi connectivity index (χ4v) is 4.99. The number of hydrogen-bond donors (Lipinski definition) is 1. The van der Waals surface area contributed by atoms with Crippen LogP contribution in [0.25, 0.3) is 5.76 Å². The second-order valence-corrected chi connectivity index (χ2v) is 9.18. The highest BCUT2D eigenvalue weighted by molar-refractivity contribution is 6.46. The molecule has 4 rings (SSSR count). The van der Waals surface area contributed by atoms with Crippen molar-refractivity contribution in [3.63, 3.8) is 0 Å². The zero-order valence-electron chi connectivity index (χ0n) is 20.8. The van der Waals surface area contributed by atoms with Gasteiger partial charge in [0.15, 0.2) is 0 Å². The zero-order chi connectivity index (χ0) is 26.0. The Morgan fingerprint density at radius 3 is 2.64 bits per heavy atom. The Kier molecular flexibility index (Phi) is 7.40. The van der Waals surface area contributed by atoms with Crippen LogP contribution < -0.4 is 4.74 Å². The number of aliphatic hydroxyl groups is 1. The molecular formula is C27H31N3O6. The average molecular weight is 494 g/mol. The molecule has 36 heavy (non-hydrogen) atoms. The van der Waals surface area contributed by atoms with Crippen molar-refractivity contribution >= 4 is 23.1 Å². The van der Waals surface area contributed by atoms with Gasteiger partial charge in [0, 0.05) is 30.7 Å². The van der Waals surface area contributed by atoms with Crippen molar-refractivity contribution < 1.29 is 24.4 Å². The van der Waals surface area contributed by atoms with Crippen molar-refractivity contribution in [2.45, 2.75) is 45.8 Å². The summed E-state index contributed by atoms with van der Waals surface area (Å²) in [4.78, 5) is 41.0. The summed E-state index contributed by atoms with van der Waals surface area (Å²) in [5, 5.41) is 22.8. The van der Waals surface area contributed by atoms with E-state index in [4.69, 9.17) is 4.74 Å². The quantitative estimate of drug-likeness (QED) is 0.184. The fraction of sp³-hybridized carbons (Fsp3) is 0.407. The van der Waals surface area contributed by atoms with Crippen LogP contribution in [0.15, 0.2) is 48.0 Å². The topological polar surface area (TPSA) is 113 Å². The Hall–Kier alpha value is -3.72. The van der Waals surface area contributed by atoms with E-state index in [1.54, 1.807) is 24.3 Å². The number of rotatable bonds is 9. The van der Waals surface area contributed by atoms with Gasteiger partial charge in [-0.05, 0) is 62.3 Å². The third kappa shape index (κ3) is 4.83. The molecule has 0 saturated carbocycles. The van der Waals surface area contributed by atoms with E-state index >= 15 is 0 Å². The van der Waals surface area contributed by atoms with Crippen molar-refractivity contribution in [2.24, 2.45) is 0 Å². The molecule has 9 nitrogen and oxygen atoms in total. The van der Waals surface area contributed by atoms with Gasteiger partial charge in [0.1, 0.15) is 17.6 Å². The molecule has 1 N–H and O–H groups in total. The van der Waals surface area contributed by atoms with Crippen LogP contribution in [0.5, 0.6) is 5.75 Å². The summed E-state index contributed by atoms with van der Waals surface area (Å²) in [6.45, 7) is 8.81. The van der Waals surface area contributed by atoms with Crippen molar-refractivity contribution in [1.29, 1.82) is 0 Å². The summed E-state index contributed by atoms with van der Waals surface area (Å²) in [5.74, 6) is -1.08. The normalized spacial score (nSPS) is 20.6. The number of amides is 1. The van der Waals surface area contributed by atoms with E-state index in [1.165, 1.54) is 23.1 Å². The Labute approximate surface area is 210 Å². The highest BCUT2D eigenvalue weighted by Gasteiger charge is 2.46. The van der Waals surface area contributed by atoms with E-state index in [9.17, 15) is 24.8 Å². The van der Waals surface area contributed by atoms with Crippen LogP contribution in [0.2, 0.25) is 0 Å². The van der Waals surface area contributed by atoms with E-state index < -0.39 is 22.7 Å². The molecule has 2 atom stereocenters. The van der Waals surface area contributed by atoms with Gasteiger partial charge in [-0.1, -0.05) is 26.0 Å². The first kappa shape index (κ1) is 25.4. The van der Waals surface area contributed by atoms with E-state index in [0.29, 0.717) is 24.0 Å². The maximum absolute atomic E-state index is 13.3. The lowest BCUT2D eigenvalue weighted by molar-refractivity contribution is -0.384. The molecule has 1 amide bonds. The van der Waals surface area contributed by atoms with Crippen molar-refractivity contribution in [2.75, 3.05) is 26.2 Å². The number of carbonyl (C=O) groups excluding carboxylic acids is 2. The number of carbonyl (C=O) groups is 2. The first-order chi connectivity index (χ1) is 17.2. The lowest BCUT2D eigenvalue weighted by atomic mass is 9.94. The molecule has 2 aliphatic rings. The van der Waals surface area contributed by atoms with Gasteiger partial charge in [-0.3, -0.25) is 19.7 Å². The molecule has 0 spiro atoms. The molecule has 2 aromatic carbocycles. The predicted octanol–water partition coefficient (Wildman–Crippen LogP) is 4.07. The minimum absolute atomic E-state index is 0.0126. The molecule has 1 saturated heterocycles. The summed E-state index contributed by atoms with van der Waals surface area (Å²) >= 11 is 0. The summed E-state index contributed by atoms with van der Waals surface area (Å²) in [6.07, 6.45) is 1.30. The van der Waals surface area contributed by atoms with Gasteiger partial charge in [-0.2, -0.15) is 0 Å². The number of non-ortho nitro benzene ring substituents is 1. The molecule has 0 aliphatic carbocycles. The van der Waals surface area contributed by atoms with Crippen molar-refractivity contribution in [1.82, 2.24) is 9.80 Å². The maximum Gasteiger partial charge on any atom is 0.295 e. The third-order valence-electron chi connectivity index (χ3n) is 6.87. The number of ether oxygens (including phenoxy) is 1. The highest BCUT2D eigenvalue weighted by atomic mass is 16.6. The number of ketones is 1. The minimum atomic E-state index is -0.926. The second-order valence-electron chi connectivity index (χ2n) is 9.18. The molecule has 0 unspecified atom stereocenters. The Morgan fingerprint density at radius 2 is 1.94 bits per heavy atom. The molecule has 2 heterocycles. The second kappa shape index (κ2) is 10.5. The van der Waals surface area contributed by atoms with Gasteiger partial charge in [-0.25, -0.2) is 0 Å². The van der Waals surface area contributed by atoms with Crippen LogP contribution in [-0.2, 0) is 16.0 Å². The van der Waals surface area contributed by atoms with E-state index in [1.807, 2.05) is 6.92 Å². The van der Waals surface area contributed by atoms with Gasteiger partial charge < -0.3 is 19.6 Å². The molecular weight excluding hydrogens is 462 g/mol. The molecule has 2 aromatic rings. The molecule has 0 radical (unpaired) electrons. The van der Waals surface area contributed by atoms with Crippen molar-refractivity contribution in [3.8, 4) is 5.75 Å². The Morgan fingerprint density at radius 1 is 1.19 bits per heavy atom. The monoisotopic (exact) mass is 493 g/mol. The van der Waals surface area contributed by atoms with Crippen LogP contribution in [0.3, 0.4) is 0 Å². The summed E-state index contributed by atoms with van der Waals surface area (Å²) < 4.78 is 5.74. The number of aliphatic hydroxyl groups excluding tert-OH is 1. The van der Waals surface area contributed by atoms with Crippen LogP contribution in [0.1, 0.15) is 49.9 Å². The first-order valence-corrected chi connectivity index (χ1v) is 12.3. The van der Waals surface area contributed by atoms with Gasteiger partial charge in [0.2, 0.25) is 0 Å². The third-order valence-corrected chi connectivity index (χ3v) is 6.87. The van der Waals surface area contributed by atoms with Crippen LogP contribution in [-0.4, -0.2) is 63.8 Å². The fourth-order valence-electron chi connectivity index (χ4n) is 4.99. The number of benzene rings is 2. The van der Waals surface area contributed by atoms with E-state index in [2.05, 4.69) is 18.7 Å². The average Bonchev–Trinajstić information content (AvgIpc) is 3.37. The number of hydrogen-bond acceptors (Lipinski definition) is 7. The lowest BCUT2D eigenvalue weighted by Gasteiger charge is -2.26. The molecule has 1 fully saturated rings. The largest absolute Gasteiger partial charge is 0.507 e. The smallest absolute Gasteiger partial charge is 0.295 e. The minimum Gasteiger partial charge on any atom is -0.507 e. The highest BCUT2D eigenvalue weighted by Crippen LogP contribution is 2.41. The summed E-state index contributed by atoms with van der Waals surface area (Å²) in [6, 6.07) is 10.1. The van der Waals surface area contributed by atoms with Gasteiger partial charge >= 0.3 is 0 Å². The number of nitro groups is 1. The standard InChI is InChI=1S/C27H31N3O6/c1-4-28(5-2)12-7-13-29-24(18-8-6-9-21(16-18)30(34)35)23(26(32)27(29)33)25(31)19-10-11-22-20(15-19)14-17(3)36-22/h6,8-11,15-17,24,31H,4-5,7,12-14H2,1-3H3/b25-23+/t17-,24+/m1/s1. The maximum atomic E-state index is 13.3. The first-order valence-electron chi connectivity index (χ1n) is 12.3. The molecule has 0 aromatic heterocycles. The van der Waals surface area contributed by atoms with E-state index in [-0.39, 0.29) is 29.7 Å². The molecule has 2 aliphatic heterocycles. The van der Waals surface area contributed by atoms with E-state index in [0.717, 1.165) is 30.9 Å². The molecule has 190 valence electrons. The number of Topliss-reactive ketones (excluding diaryl/α,β-unsaturated/α-hetero) is 1. The number of likely N-dealkylation sites (tertiary alicyclic amines) is 1. The van der Waals surface area contributed by atoms with Gasteiger partial charge in [0.05, 0.1) is 16.5 Å².